The van der Waals surface area contributed by atoms with E-state index in [2.05, 4.69) is 6.92 Å². The molecule has 2 aliphatic carbocycles. The zero-order valence-corrected chi connectivity index (χ0v) is 13.2. The Morgan fingerprint density at radius 1 is 1.29 bits per heavy atom. The molecule has 0 bridgehead atoms. The lowest BCUT2D eigenvalue weighted by atomic mass is 9.66. The van der Waals surface area contributed by atoms with E-state index in [0.29, 0.717) is 18.1 Å². The molecular formula is C18H26O3. The number of carbonyl (C=O) groups excluding carboxylic acids is 2. The fraction of sp³-hybridized carbons (Fsp3) is 0.778. The molecule has 3 aliphatic rings. The maximum absolute atomic E-state index is 12.2. The molecule has 1 saturated carbocycles. The second kappa shape index (κ2) is 5.58. The quantitative estimate of drug-likeness (QED) is 0.787. The summed E-state index contributed by atoms with van der Waals surface area (Å²) in [5.41, 5.74) is 1.33. The maximum atomic E-state index is 12.2. The van der Waals surface area contributed by atoms with E-state index in [-0.39, 0.29) is 17.3 Å². The van der Waals surface area contributed by atoms with Crippen molar-refractivity contribution in [1.29, 1.82) is 0 Å². The van der Waals surface area contributed by atoms with Crippen LogP contribution in [0.1, 0.15) is 71.6 Å². The molecule has 0 aromatic rings. The van der Waals surface area contributed by atoms with Gasteiger partial charge in [-0.2, -0.15) is 0 Å². The molecular weight excluding hydrogens is 264 g/mol. The van der Waals surface area contributed by atoms with Crippen molar-refractivity contribution in [3.05, 3.63) is 11.3 Å². The largest absolute Gasteiger partial charge is 0.495 e. The lowest BCUT2D eigenvalue weighted by Gasteiger charge is -2.41. The van der Waals surface area contributed by atoms with Gasteiger partial charge < -0.3 is 9.53 Å². The molecule has 0 spiro atoms. The number of rotatable bonds is 4. The second-order valence-corrected chi connectivity index (χ2v) is 7.25. The summed E-state index contributed by atoms with van der Waals surface area (Å²) in [6.07, 6.45) is 8.66. The molecule has 0 saturated heterocycles. The summed E-state index contributed by atoms with van der Waals surface area (Å²) in [5, 5.41) is 0. The topological polar surface area (TPSA) is 43.4 Å². The van der Waals surface area contributed by atoms with Crippen molar-refractivity contribution >= 4 is 11.6 Å². The Labute approximate surface area is 127 Å². The fourth-order valence-electron chi connectivity index (χ4n) is 4.48. The summed E-state index contributed by atoms with van der Waals surface area (Å²) >= 11 is 0. The first-order valence-electron chi connectivity index (χ1n) is 8.42. The zero-order chi connectivity index (χ0) is 15.0. The number of ether oxygens (including phenoxy) is 1. The maximum Gasteiger partial charge on any atom is 0.139 e. The fourth-order valence-corrected chi connectivity index (χ4v) is 4.48. The molecule has 1 aliphatic heterocycles. The highest BCUT2D eigenvalue weighted by molar-refractivity contribution is 5.87. The van der Waals surface area contributed by atoms with Gasteiger partial charge in [0.1, 0.15) is 11.6 Å². The minimum atomic E-state index is -0.107. The molecule has 0 aromatic carbocycles. The van der Waals surface area contributed by atoms with Gasteiger partial charge in [0.2, 0.25) is 0 Å². The molecule has 3 unspecified atom stereocenters. The van der Waals surface area contributed by atoms with Crippen LogP contribution in [0.15, 0.2) is 11.3 Å². The van der Waals surface area contributed by atoms with Crippen LogP contribution in [0, 0.1) is 11.3 Å². The highest BCUT2D eigenvalue weighted by Gasteiger charge is 2.51. The first-order chi connectivity index (χ1) is 10.0. The smallest absolute Gasteiger partial charge is 0.139 e. The van der Waals surface area contributed by atoms with Crippen molar-refractivity contribution in [2.45, 2.75) is 77.7 Å². The van der Waals surface area contributed by atoms with E-state index in [1.165, 1.54) is 11.3 Å². The van der Waals surface area contributed by atoms with E-state index in [1.54, 1.807) is 6.92 Å². The lowest BCUT2D eigenvalue weighted by Crippen LogP contribution is -2.36. The SMILES string of the molecule is CC(=O)CCCC1CCC2=C(CCC3(C)C(=O)CCC23)O1. The summed E-state index contributed by atoms with van der Waals surface area (Å²) in [6, 6.07) is 0. The van der Waals surface area contributed by atoms with Crippen LogP contribution in [0.2, 0.25) is 0 Å². The van der Waals surface area contributed by atoms with E-state index >= 15 is 0 Å². The van der Waals surface area contributed by atoms with Gasteiger partial charge in [0.15, 0.2) is 0 Å². The number of carbonyl (C=O) groups is 2. The number of hydrogen-bond acceptors (Lipinski definition) is 3. The van der Waals surface area contributed by atoms with Crippen LogP contribution < -0.4 is 0 Å². The molecule has 3 atom stereocenters. The van der Waals surface area contributed by atoms with Crippen LogP contribution in [-0.2, 0) is 14.3 Å². The second-order valence-electron chi connectivity index (χ2n) is 7.25. The highest BCUT2D eigenvalue weighted by atomic mass is 16.5. The van der Waals surface area contributed by atoms with Crippen LogP contribution >= 0.6 is 0 Å². The lowest BCUT2D eigenvalue weighted by molar-refractivity contribution is -0.127. The molecule has 21 heavy (non-hydrogen) atoms. The Balaban J connectivity index is 1.65. The Morgan fingerprint density at radius 3 is 2.86 bits per heavy atom. The van der Waals surface area contributed by atoms with Crippen LogP contribution in [-0.4, -0.2) is 17.7 Å². The molecule has 0 aromatic heterocycles. The van der Waals surface area contributed by atoms with Crippen LogP contribution in [0.5, 0.6) is 0 Å². The minimum absolute atomic E-state index is 0.107. The third-order valence-corrected chi connectivity index (χ3v) is 5.82. The predicted octanol–water partition coefficient (Wildman–Crippen LogP) is 3.96. The molecule has 0 N–H and O–H groups in total. The summed E-state index contributed by atoms with van der Waals surface area (Å²) in [4.78, 5) is 23.2. The summed E-state index contributed by atoms with van der Waals surface area (Å²) in [7, 11) is 0. The van der Waals surface area contributed by atoms with Gasteiger partial charge in [-0.05, 0) is 56.9 Å². The van der Waals surface area contributed by atoms with Crippen molar-refractivity contribution < 1.29 is 14.3 Å². The molecule has 0 radical (unpaired) electrons. The Morgan fingerprint density at radius 2 is 2.10 bits per heavy atom. The number of hydrogen-bond donors (Lipinski definition) is 0. The van der Waals surface area contributed by atoms with Crippen molar-refractivity contribution in [3.8, 4) is 0 Å². The Kier molecular flexibility index (Phi) is 3.94. The van der Waals surface area contributed by atoms with E-state index in [0.717, 1.165) is 51.4 Å². The standard InChI is InChI=1S/C18H26O3/c1-12(19)4-3-5-13-6-7-14-15-8-9-17(20)18(15,2)11-10-16(14)21-13/h13,15H,3-11H2,1-2H3. The molecule has 3 rings (SSSR count). The first kappa shape index (κ1) is 14.8. The molecule has 3 nitrogen and oxygen atoms in total. The average Bonchev–Trinajstić information content (AvgIpc) is 2.75. The Bertz CT molecular complexity index is 491. The van der Waals surface area contributed by atoms with Gasteiger partial charge in [-0.3, -0.25) is 4.79 Å². The van der Waals surface area contributed by atoms with Crippen LogP contribution in [0.25, 0.3) is 0 Å². The van der Waals surface area contributed by atoms with E-state index in [1.807, 2.05) is 0 Å². The average molecular weight is 290 g/mol. The summed E-state index contributed by atoms with van der Waals surface area (Å²) in [6.45, 7) is 3.82. The van der Waals surface area contributed by atoms with Gasteiger partial charge in [0, 0.05) is 24.7 Å². The monoisotopic (exact) mass is 290 g/mol. The van der Waals surface area contributed by atoms with Gasteiger partial charge in [-0.1, -0.05) is 6.92 Å². The molecule has 116 valence electrons. The zero-order valence-electron chi connectivity index (χ0n) is 13.2. The van der Waals surface area contributed by atoms with Crippen molar-refractivity contribution in [2.24, 2.45) is 11.3 Å². The van der Waals surface area contributed by atoms with Crippen molar-refractivity contribution in [1.82, 2.24) is 0 Å². The number of Topliss-reactive ketones (excluding diaryl/α,β-unsaturated/α-hetero) is 2. The van der Waals surface area contributed by atoms with Crippen molar-refractivity contribution in [3.63, 3.8) is 0 Å². The molecule has 3 heteroatoms. The number of allylic oxidation sites excluding steroid dienone is 2. The van der Waals surface area contributed by atoms with E-state index in [4.69, 9.17) is 4.74 Å². The van der Waals surface area contributed by atoms with Crippen molar-refractivity contribution in [2.75, 3.05) is 0 Å². The van der Waals surface area contributed by atoms with E-state index in [9.17, 15) is 9.59 Å². The van der Waals surface area contributed by atoms with E-state index < -0.39 is 0 Å². The number of fused-ring (bicyclic) bond motifs is 2. The number of ketones is 2. The first-order valence-corrected chi connectivity index (χ1v) is 8.42. The Hall–Kier alpha value is -1.12. The highest BCUT2D eigenvalue weighted by Crippen LogP contribution is 2.54. The van der Waals surface area contributed by atoms with Gasteiger partial charge in [0.25, 0.3) is 0 Å². The molecule has 0 amide bonds. The van der Waals surface area contributed by atoms with Gasteiger partial charge >= 0.3 is 0 Å². The summed E-state index contributed by atoms with van der Waals surface area (Å²) < 4.78 is 6.22. The molecule has 1 fully saturated rings. The van der Waals surface area contributed by atoms with Gasteiger partial charge in [0.05, 0.1) is 11.9 Å². The van der Waals surface area contributed by atoms with Gasteiger partial charge in [-0.25, -0.2) is 0 Å². The minimum Gasteiger partial charge on any atom is -0.495 e. The van der Waals surface area contributed by atoms with Gasteiger partial charge in [-0.15, -0.1) is 0 Å². The van der Waals surface area contributed by atoms with Crippen LogP contribution in [0.3, 0.4) is 0 Å². The normalized spacial score (nSPS) is 35.2. The van der Waals surface area contributed by atoms with Crippen LogP contribution in [0.4, 0.5) is 0 Å². The third-order valence-electron chi connectivity index (χ3n) is 5.82. The predicted molar refractivity (Wildman–Crippen MR) is 80.7 cm³/mol. The molecule has 1 heterocycles. The summed E-state index contributed by atoms with van der Waals surface area (Å²) in [5.74, 6) is 2.35. The third kappa shape index (κ3) is 2.67.